The second-order valence-electron chi connectivity index (χ2n) is 6.04. The molecule has 0 saturated heterocycles. The van der Waals surface area contributed by atoms with Crippen molar-refractivity contribution in [2.75, 3.05) is 0 Å². The lowest BCUT2D eigenvalue weighted by Gasteiger charge is -2.10. The number of carbonyl (C=O) groups excluding carboxylic acids is 1. The lowest BCUT2D eigenvalue weighted by Crippen LogP contribution is -2.05. The summed E-state index contributed by atoms with van der Waals surface area (Å²) in [5, 5.41) is 0. The van der Waals surface area contributed by atoms with Gasteiger partial charge >= 0.3 is 0 Å². The van der Waals surface area contributed by atoms with Crippen molar-refractivity contribution >= 4 is 5.78 Å². The first kappa shape index (κ1) is 15.2. The molecule has 0 unspecified atom stereocenters. The fourth-order valence-corrected chi connectivity index (χ4v) is 2.82. The van der Waals surface area contributed by atoms with Crippen LogP contribution < -0.4 is 0 Å². The van der Waals surface area contributed by atoms with Crippen LogP contribution in [0.5, 0.6) is 0 Å². The summed E-state index contributed by atoms with van der Waals surface area (Å²) >= 11 is 0. The van der Waals surface area contributed by atoms with Crippen molar-refractivity contribution in [3.05, 3.63) is 94.5 Å². The Balaban J connectivity index is 1.98. The Bertz CT molecular complexity index is 857. The first-order valence-electron chi connectivity index (χ1n) is 7.84. The molecule has 3 rings (SSSR count). The molecule has 0 aromatic heterocycles. The summed E-state index contributed by atoms with van der Waals surface area (Å²) in [4.78, 5) is 12.8. The van der Waals surface area contributed by atoms with Crippen molar-refractivity contribution in [1.29, 1.82) is 0 Å². The van der Waals surface area contributed by atoms with Crippen molar-refractivity contribution < 1.29 is 4.79 Å². The summed E-state index contributed by atoms with van der Waals surface area (Å²) in [7, 11) is 0. The topological polar surface area (TPSA) is 17.1 Å². The van der Waals surface area contributed by atoms with E-state index in [2.05, 4.69) is 37.3 Å². The van der Waals surface area contributed by atoms with E-state index in [1.807, 2.05) is 50.2 Å². The highest BCUT2D eigenvalue weighted by Crippen LogP contribution is 2.24. The first-order chi connectivity index (χ1) is 11.1. The maximum atomic E-state index is 12.8. The van der Waals surface area contributed by atoms with E-state index < -0.39 is 0 Å². The number of hydrogen-bond donors (Lipinski definition) is 0. The number of hydrogen-bond acceptors (Lipinski definition) is 1. The largest absolute Gasteiger partial charge is 0.289 e. The molecule has 0 heterocycles. The Morgan fingerprint density at radius 3 is 1.91 bits per heavy atom. The Morgan fingerprint density at radius 2 is 1.26 bits per heavy atom. The lowest BCUT2D eigenvalue weighted by atomic mass is 9.93. The monoisotopic (exact) mass is 300 g/mol. The van der Waals surface area contributed by atoms with Crippen molar-refractivity contribution in [2.24, 2.45) is 0 Å². The minimum Gasteiger partial charge on any atom is -0.289 e. The molecular weight excluding hydrogens is 280 g/mol. The van der Waals surface area contributed by atoms with E-state index in [-0.39, 0.29) is 5.78 Å². The fourth-order valence-electron chi connectivity index (χ4n) is 2.82. The third-order valence-electron chi connectivity index (χ3n) is 4.25. The zero-order valence-corrected chi connectivity index (χ0v) is 13.8. The van der Waals surface area contributed by atoms with E-state index in [0.29, 0.717) is 0 Å². The molecule has 0 atom stereocenters. The molecule has 0 amide bonds. The third-order valence-corrected chi connectivity index (χ3v) is 4.25. The summed E-state index contributed by atoms with van der Waals surface area (Å²) in [6, 6.07) is 22.3. The van der Waals surface area contributed by atoms with Crippen molar-refractivity contribution in [2.45, 2.75) is 20.8 Å². The number of aryl methyl sites for hydroxylation is 3. The normalized spacial score (nSPS) is 10.6. The van der Waals surface area contributed by atoms with Crippen LogP contribution in [-0.4, -0.2) is 5.78 Å². The number of ketones is 1. The Morgan fingerprint density at radius 1 is 0.652 bits per heavy atom. The van der Waals surface area contributed by atoms with Gasteiger partial charge in [0.2, 0.25) is 0 Å². The van der Waals surface area contributed by atoms with E-state index in [1.165, 1.54) is 11.1 Å². The molecule has 1 nitrogen and oxygen atoms in total. The van der Waals surface area contributed by atoms with Gasteiger partial charge in [0.15, 0.2) is 5.78 Å². The predicted molar refractivity (Wildman–Crippen MR) is 96.0 cm³/mol. The van der Waals surface area contributed by atoms with E-state index in [9.17, 15) is 4.79 Å². The van der Waals surface area contributed by atoms with Gasteiger partial charge in [0, 0.05) is 11.1 Å². The molecule has 0 aliphatic heterocycles. The molecule has 114 valence electrons. The number of carbonyl (C=O) groups is 1. The van der Waals surface area contributed by atoms with Crippen molar-refractivity contribution in [3.63, 3.8) is 0 Å². The summed E-state index contributed by atoms with van der Waals surface area (Å²) in [6.07, 6.45) is 0. The average molecular weight is 300 g/mol. The van der Waals surface area contributed by atoms with Crippen LogP contribution in [0, 0.1) is 20.8 Å². The molecule has 0 aliphatic rings. The third kappa shape index (κ3) is 3.09. The van der Waals surface area contributed by atoms with Gasteiger partial charge in [-0.05, 0) is 43.0 Å². The summed E-state index contributed by atoms with van der Waals surface area (Å²) in [5.41, 5.74) is 7.14. The molecule has 0 saturated carbocycles. The molecule has 0 bridgehead atoms. The van der Waals surface area contributed by atoms with E-state index in [4.69, 9.17) is 0 Å². The zero-order valence-electron chi connectivity index (χ0n) is 13.8. The maximum Gasteiger partial charge on any atom is 0.193 e. The molecule has 1 heteroatoms. The predicted octanol–water partition coefficient (Wildman–Crippen LogP) is 5.51. The molecule has 23 heavy (non-hydrogen) atoms. The van der Waals surface area contributed by atoms with Gasteiger partial charge in [-0.2, -0.15) is 0 Å². The smallest absolute Gasteiger partial charge is 0.193 e. The van der Waals surface area contributed by atoms with Crippen LogP contribution in [0.25, 0.3) is 11.1 Å². The Kier molecular flexibility index (Phi) is 4.12. The van der Waals surface area contributed by atoms with Gasteiger partial charge in [0.25, 0.3) is 0 Å². The van der Waals surface area contributed by atoms with E-state index in [0.717, 1.165) is 27.8 Å². The van der Waals surface area contributed by atoms with Crippen LogP contribution in [0.2, 0.25) is 0 Å². The van der Waals surface area contributed by atoms with Gasteiger partial charge in [-0.25, -0.2) is 0 Å². The second-order valence-corrected chi connectivity index (χ2v) is 6.04. The molecule has 0 aliphatic carbocycles. The quantitative estimate of drug-likeness (QED) is 0.583. The Hall–Kier alpha value is -2.67. The van der Waals surface area contributed by atoms with Crippen molar-refractivity contribution in [1.82, 2.24) is 0 Å². The highest BCUT2D eigenvalue weighted by atomic mass is 16.1. The molecule has 3 aromatic carbocycles. The van der Waals surface area contributed by atoms with Gasteiger partial charge in [0.05, 0.1) is 0 Å². The minimum absolute atomic E-state index is 0.0936. The fraction of sp³-hybridized carbons (Fsp3) is 0.136. The number of rotatable bonds is 3. The van der Waals surface area contributed by atoms with Crippen LogP contribution in [0.15, 0.2) is 66.7 Å². The van der Waals surface area contributed by atoms with Gasteiger partial charge in [-0.3, -0.25) is 4.79 Å². The Labute approximate surface area is 137 Å². The van der Waals surface area contributed by atoms with Crippen LogP contribution in [0.4, 0.5) is 0 Å². The van der Waals surface area contributed by atoms with Crippen molar-refractivity contribution in [3.8, 4) is 11.1 Å². The number of benzene rings is 3. The molecule has 3 aromatic rings. The molecule has 0 fully saturated rings. The highest BCUT2D eigenvalue weighted by molar-refractivity contribution is 6.11. The SMILES string of the molecule is Cc1ccc(-c2ccc(C(=O)c3ccccc3C)c(C)c2)cc1. The molecule has 0 radical (unpaired) electrons. The van der Waals surface area contributed by atoms with Crippen LogP contribution in [0.1, 0.15) is 32.6 Å². The van der Waals surface area contributed by atoms with E-state index in [1.54, 1.807) is 0 Å². The molecular formula is C22H20O. The standard InChI is InChI=1S/C22H20O/c1-15-8-10-18(11-9-15)19-12-13-21(17(3)14-19)22(23)20-7-5-4-6-16(20)2/h4-14H,1-3H3. The lowest BCUT2D eigenvalue weighted by molar-refractivity contribution is 0.103. The van der Waals surface area contributed by atoms with Crippen LogP contribution >= 0.6 is 0 Å². The van der Waals surface area contributed by atoms with Crippen LogP contribution in [-0.2, 0) is 0 Å². The molecule has 0 spiro atoms. The highest BCUT2D eigenvalue weighted by Gasteiger charge is 2.14. The summed E-state index contributed by atoms with van der Waals surface area (Å²) < 4.78 is 0. The average Bonchev–Trinajstić information content (AvgIpc) is 2.55. The summed E-state index contributed by atoms with van der Waals surface area (Å²) in [6.45, 7) is 6.06. The minimum atomic E-state index is 0.0936. The maximum absolute atomic E-state index is 12.8. The molecule has 0 N–H and O–H groups in total. The van der Waals surface area contributed by atoms with Crippen LogP contribution in [0.3, 0.4) is 0 Å². The van der Waals surface area contributed by atoms with Gasteiger partial charge in [-0.1, -0.05) is 72.3 Å². The second kappa shape index (κ2) is 6.21. The van der Waals surface area contributed by atoms with Gasteiger partial charge in [-0.15, -0.1) is 0 Å². The zero-order chi connectivity index (χ0) is 16.4. The van der Waals surface area contributed by atoms with E-state index >= 15 is 0 Å². The first-order valence-corrected chi connectivity index (χ1v) is 7.84. The van der Waals surface area contributed by atoms with Gasteiger partial charge in [0.1, 0.15) is 0 Å². The van der Waals surface area contributed by atoms with Gasteiger partial charge < -0.3 is 0 Å². The summed E-state index contributed by atoms with van der Waals surface area (Å²) in [5.74, 6) is 0.0936.